The third-order valence-corrected chi connectivity index (χ3v) is 3.52. The molecule has 2 amide bonds. The summed E-state index contributed by atoms with van der Waals surface area (Å²) in [5, 5.41) is 6.17. The van der Waals surface area contributed by atoms with Crippen molar-refractivity contribution in [2.24, 2.45) is 11.7 Å². The van der Waals surface area contributed by atoms with E-state index in [4.69, 9.17) is 17.3 Å². The van der Waals surface area contributed by atoms with Crippen LogP contribution in [-0.2, 0) is 4.79 Å². The molecule has 1 unspecified atom stereocenters. The Labute approximate surface area is 148 Å². The molecule has 0 aromatic heterocycles. The van der Waals surface area contributed by atoms with E-state index in [1.807, 2.05) is 13.8 Å². The molecule has 7 heteroatoms. The first-order chi connectivity index (χ1) is 10.5. The molecule has 0 aliphatic carbocycles. The van der Waals surface area contributed by atoms with Crippen LogP contribution in [0.3, 0.4) is 0 Å². The number of carbonyl (C=O) groups is 2. The Bertz CT molecular complexity index is 493. The van der Waals surface area contributed by atoms with Crippen LogP contribution in [0.2, 0.25) is 5.02 Å². The first-order valence-electron chi connectivity index (χ1n) is 7.50. The summed E-state index contributed by atoms with van der Waals surface area (Å²) in [6, 6.07) is 5.99. The summed E-state index contributed by atoms with van der Waals surface area (Å²) >= 11 is 5.80. The predicted molar refractivity (Wildman–Crippen MR) is 96.1 cm³/mol. The summed E-state index contributed by atoms with van der Waals surface area (Å²) < 4.78 is 0. The fourth-order valence-corrected chi connectivity index (χ4v) is 2.08. The van der Waals surface area contributed by atoms with Crippen LogP contribution in [0, 0.1) is 5.92 Å². The topological polar surface area (TPSA) is 84.2 Å². The minimum Gasteiger partial charge on any atom is -0.354 e. The van der Waals surface area contributed by atoms with Gasteiger partial charge in [0.25, 0.3) is 5.91 Å². The van der Waals surface area contributed by atoms with Crippen molar-refractivity contribution in [3.63, 3.8) is 0 Å². The highest BCUT2D eigenvalue weighted by Crippen LogP contribution is 2.10. The van der Waals surface area contributed by atoms with Gasteiger partial charge in [-0.05, 0) is 49.6 Å². The fourth-order valence-electron chi connectivity index (χ4n) is 1.95. The fraction of sp³-hybridized carbons (Fsp3) is 0.500. The lowest BCUT2D eigenvalue weighted by atomic mass is 10.0. The first kappa shape index (κ1) is 21.7. The second-order valence-electron chi connectivity index (χ2n) is 5.49. The van der Waals surface area contributed by atoms with Crippen LogP contribution in [-0.4, -0.2) is 30.9 Å². The van der Waals surface area contributed by atoms with Crippen molar-refractivity contribution in [2.75, 3.05) is 13.1 Å². The Balaban J connectivity index is 0.00000484. The van der Waals surface area contributed by atoms with Crippen LogP contribution in [0.1, 0.15) is 37.0 Å². The predicted octanol–water partition coefficient (Wildman–Crippen LogP) is 2.37. The number of rotatable bonds is 8. The molecule has 0 saturated carbocycles. The van der Waals surface area contributed by atoms with Gasteiger partial charge in [-0.25, -0.2) is 0 Å². The van der Waals surface area contributed by atoms with E-state index in [1.54, 1.807) is 24.3 Å². The van der Waals surface area contributed by atoms with Crippen LogP contribution in [0.25, 0.3) is 0 Å². The lowest BCUT2D eigenvalue weighted by Gasteiger charge is -2.21. The lowest BCUT2D eigenvalue weighted by molar-refractivity contribution is -0.123. The van der Waals surface area contributed by atoms with Crippen molar-refractivity contribution >= 4 is 35.8 Å². The highest BCUT2D eigenvalue weighted by molar-refractivity contribution is 6.30. The van der Waals surface area contributed by atoms with Gasteiger partial charge >= 0.3 is 0 Å². The average molecular weight is 362 g/mol. The second-order valence-corrected chi connectivity index (χ2v) is 5.93. The van der Waals surface area contributed by atoms with Gasteiger partial charge in [-0.2, -0.15) is 0 Å². The molecule has 4 N–H and O–H groups in total. The van der Waals surface area contributed by atoms with Gasteiger partial charge in [0.15, 0.2) is 0 Å². The molecule has 1 aromatic carbocycles. The molecule has 0 bridgehead atoms. The molecule has 0 radical (unpaired) electrons. The third kappa shape index (κ3) is 7.68. The van der Waals surface area contributed by atoms with E-state index in [1.165, 1.54) is 0 Å². The molecule has 0 heterocycles. The molecule has 1 aromatic rings. The molecular weight excluding hydrogens is 337 g/mol. The van der Waals surface area contributed by atoms with Gasteiger partial charge in [0.1, 0.15) is 6.04 Å². The summed E-state index contributed by atoms with van der Waals surface area (Å²) in [7, 11) is 0. The highest BCUT2D eigenvalue weighted by Gasteiger charge is 2.24. The second kappa shape index (κ2) is 11.3. The van der Waals surface area contributed by atoms with Gasteiger partial charge in [0, 0.05) is 17.1 Å². The number of hydrogen-bond acceptors (Lipinski definition) is 3. The van der Waals surface area contributed by atoms with Crippen molar-refractivity contribution in [2.45, 2.75) is 32.7 Å². The monoisotopic (exact) mass is 361 g/mol. The van der Waals surface area contributed by atoms with Crippen LogP contribution in [0.4, 0.5) is 0 Å². The zero-order valence-electron chi connectivity index (χ0n) is 13.5. The van der Waals surface area contributed by atoms with E-state index >= 15 is 0 Å². The SMILES string of the molecule is CC(C)C(NC(=O)c1ccc(Cl)cc1)C(=O)NCCCCN.Cl. The smallest absolute Gasteiger partial charge is 0.251 e. The number of amides is 2. The van der Waals surface area contributed by atoms with E-state index in [0.29, 0.717) is 23.7 Å². The number of nitrogens with one attached hydrogen (secondary N) is 2. The molecular formula is C16H25Cl2N3O2. The van der Waals surface area contributed by atoms with Crippen molar-refractivity contribution in [3.05, 3.63) is 34.9 Å². The molecule has 130 valence electrons. The van der Waals surface area contributed by atoms with Crippen LogP contribution in [0.15, 0.2) is 24.3 Å². The number of carbonyl (C=O) groups excluding carboxylic acids is 2. The lowest BCUT2D eigenvalue weighted by Crippen LogP contribution is -2.49. The van der Waals surface area contributed by atoms with Crippen molar-refractivity contribution in [1.82, 2.24) is 10.6 Å². The molecule has 0 saturated heterocycles. The molecule has 23 heavy (non-hydrogen) atoms. The minimum atomic E-state index is -0.568. The Morgan fingerprint density at radius 1 is 1.17 bits per heavy atom. The average Bonchev–Trinajstić information content (AvgIpc) is 2.49. The van der Waals surface area contributed by atoms with E-state index in [2.05, 4.69) is 10.6 Å². The number of hydrogen-bond donors (Lipinski definition) is 3. The van der Waals surface area contributed by atoms with Gasteiger partial charge < -0.3 is 16.4 Å². The number of benzene rings is 1. The summed E-state index contributed by atoms with van der Waals surface area (Å²) in [4.78, 5) is 24.4. The summed E-state index contributed by atoms with van der Waals surface area (Å²) in [6.07, 6.45) is 1.70. The van der Waals surface area contributed by atoms with Crippen LogP contribution < -0.4 is 16.4 Å². The zero-order chi connectivity index (χ0) is 16.5. The Kier molecular flexibility index (Phi) is 10.6. The van der Waals surface area contributed by atoms with Crippen LogP contribution in [0.5, 0.6) is 0 Å². The van der Waals surface area contributed by atoms with Crippen molar-refractivity contribution in [1.29, 1.82) is 0 Å². The number of halogens is 2. The Morgan fingerprint density at radius 3 is 2.30 bits per heavy atom. The number of unbranched alkanes of at least 4 members (excludes halogenated alkanes) is 1. The van der Waals surface area contributed by atoms with Crippen LogP contribution >= 0.6 is 24.0 Å². The molecule has 0 aliphatic heterocycles. The van der Waals surface area contributed by atoms with Crippen molar-refractivity contribution < 1.29 is 9.59 Å². The first-order valence-corrected chi connectivity index (χ1v) is 7.87. The van der Waals surface area contributed by atoms with E-state index < -0.39 is 6.04 Å². The molecule has 1 atom stereocenters. The van der Waals surface area contributed by atoms with Gasteiger partial charge in [0.05, 0.1) is 0 Å². The van der Waals surface area contributed by atoms with E-state index in [0.717, 1.165) is 12.8 Å². The Hall–Kier alpha value is -1.30. The van der Waals surface area contributed by atoms with E-state index in [9.17, 15) is 9.59 Å². The number of nitrogens with two attached hydrogens (primary N) is 1. The van der Waals surface area contributed by atoms with Crippen molar-refractivity contribution in [3.8, 4) is 0 Å². The Morgan fingerprint density at radius 2 is 1.78 bits per heavy atom. The normalized spacial score (nSPS) is 11.5. The van der Waals surface area contributed by atoms with Gasteiger partial charge in [0.2, 0.25) is 5.91 Å². The molecule has 0 fully saturated rings. The highest BCUT2D eigenvalue weighted by atomic mass is 35.5. The largest absolute Gasteiger partial charge is 0.354 e. The summed E-state index contributed by atoms with van der Waals surface area (Å²) in [5.74, 6) is -0.465. The molecule has 1 rings (SSSR count). The minimum absolute atomic E-state index is 0. The standard InChI is InChI=1S/C16H24ClN3O2.ClH/c1-11(2)14(16(22)19-10-4-3-9-18)20-15(21)12-5-7-13(17)8-6-12;/h5-8,11,14H,3-4,9-10,18H2,1-2H3,(H,19,22)(H,20,21);1H. The van der Waals surface area contributed by atoms with Gasteiger partial charge in [-0.3, -0.25) is 9.59 Å². The quantitative estimate of drug-likeness (QED) is 0.621. The summed E-state index contributed by atoms with van der Waals surface area (Å²) in [5.41, 5.74) is 5.89. The maximum absolute atomic E-state index is 12.2. The maximum Gasteiger partial charge on any atom is 0.251 e. The maximum atomic E-state index is 12.2. The summed E-state index contributed by atoms with van der Waals surface area (Å²) in [6.45, 7) is 4.96. The van der Waals surface area contributed by atoms with E-state index in [-0.39, 0.29) is 30.1 Å². The molecule has 0 aliphatic rings. The molecule has 5 nitrogen and oxygen atoms in total. The zero-order valence-corrected chi connectivity index (χ0v) is 15.0. The third-order valence-electron chi connectivity index (χ3n) is 3.27. The van der Waals surface area contributed by atoms with Gasteiger partial charge in [-0.15, -0.1) is 12.4 Å². The molecule has 0 spiro atoms. The van der Waals surface area contributed by atoms with Gasteiger partial charge in [-0.1, -0.05) is 25.4 Å².